The van der Waals surface area contributed by atoms with Crippen molar-refractivity contribution in [2.45, 2.75) is 116 Å². The Bertz CT molecular complexity index is 1870. The Morgan fingerprint density at radius 3 is 2.48 bits per heavy atom. The van der Waals surface area contributed by atoms with Gasteiger partial charge in [-0.3, -0.25) is 24.0 Å². The largest absolute Gasteiger partial charge is 0.480 e. The molecule has 0 bridgehead atoms. The van der Waals surface area contributed by atoms with Crippen LogP contribution in [-0.4, -0.2) is 86.0 Å². The maximum absolute atomic E-state index is 13.6. The third kappa shape index (κ3) is 7.12. The van der Waals surface area contributed by atoms with Gasteiger partial charge in [0.2, 0.25) is 17.6 Å². The number of amides is 2. The maximum atomic E-state index is 13.6. The number of fused-ring (bicyclic) bond motifs is 6. The highest BCUT2D eigenvalue weighted by Crippen LogP contribution is 2.67. The molecule has 4 aliphatic rings. The van der Waals surface area contributed by atoms with E-state index >= 15 is 0 Å². The molecule has 1 aromatic heterocycles. The molecule has 0 radical (unpaired) electrons. The standard InChI is InChI=1S/C41H53N3O10/c1-22(2)36(37(50)43-30(38(51)52)17-23-20-42-29-8-6-5-7-26(23)29)44-33(48)11-12-34(49)54-21-32(47)41(53)16-14-28-27-10-9-24-18-25(45)13-15-39(24,3)35(27)31(46)19-40(28,41)4/h5-8,18,20,22,27-28,30-31,35-36,42,46,53H,9-17,19,21H2,1-4H3,(H,43,50)(H,44,48)(H,51,52)/t27-,28-,30-,31-,35+,36-,39-,40-,41-/m0/s1. The van der Waals surface area contributed by atoms with Gasteiger partial charge in [0.05, 0.1) is 12.5 Å². The molecule has 2 aromatic rings. The summed E-state index contributed by atoms with van der Waals surface area (Å²) in [5, 5.41) is 39.4. The van der Waals surface area contributed by atoms with E-state index in [0.29, 0.717) is 24.8 Å². The van der Waals surface area contributed by atoms with Gasteiger partial charge in [0.1, 0.15) is 17.7 Å². The summed E-state index contributed by atoms with van der Waals surface area (Å²) in [6.07, 6.45) is 5.61. The minimum Gasteiger partial charge on any atom is -0.480 e. The molecule has 0 spiro atoms. The van der Waals surface area contributed by atoms with Crippen molar-refractivity contribution in [2.75, 3.05) is 6.61 Å². The highest BCUT2D eigenvalue weighted by atomic mass is 16.5. The Balaban J connectivity index is 1.01. The van der Waals surface area contributed by atoms with Crippen molar-refractivity contribution in [3.8, 4) is 0 Å². The van der Waals surface area contributed by atoms with E-state index in [4.69, 9.17) is 4.74 Å². The van der Waals surface area contributed by atoms with Crippen LogP contribution in [0.25, 0.3) is 10.9 Å². The molecule has 0 unspecified atom stereocenters. The molecule has 1 heterocycles. The van der Waals surface area contributed by atoms with E-state index in [9.17, 15) is 44.1 Å². The maximum Gasteiger partial charge on any atom is 0.326 e. The van der Waals surface area contributed by atoms with E-state index in [1.165, 1.54) is 0 Å². The quantitative estimate of drug-likeness (QED) is 0.164. The van der Waals surface area contributed by atoms with Crippen molar-refractivity contribution in [3.05, 3.63) is 47.7 Å². The normalized spacial score (nSPS) is 31.4. The lowest BCUT2D eigenvalue weighted by atomic mass is 9.45. The van der Waals surface area contributed by atoms with Crippen molar-refractivity contribution in [1.29, 1.82) is 0 Å². The smallest absolute Gasteiger partial charge is 0.326 e. The number of carbonyl (C=O) groups excluding carboxylic acids is 5. The van der Waals surface area contributed by atoms with Crippen molar-refractivity contribution in [1.82, 2.24) is 15.6 Å². The molecule has 6 rings (SSSR count). The monoisotopic (exact) mass is 747 g/mol. The first-order valence-electron chi connectivity index (χ1n) is 19.2. The third-order valence-electron chi connectivity index (χ3n) is 13.4. The number of carboxylic acid groups (broad SMARTS) is 1. The first kappa shape index (κ1) is 39.3. The average molecular weight is 748 g/mol. The predicted molar refractivity (Wildman–Crippen MR) is 197 cm³/mol. The molecule has 13 nitrogen and oxygen atoms in total. The Labute approximate surface area is 314 Å². The van der Waals surface area contributed by atoms with E-state index in [2.05, 4.69) is 22.5 Å². The number of aromatic amines is 1. The fourth-order valence-electron chi connectivity index (χ4n) is 10.5. The molecule has 6 N–H and O–H groups in total. The van der Waals surface area contributed by atoms with Crippen LogP contribution in [0.15, 0.2) is 42.1 Å². The predicted octanol–water partition coefficient (Wildman–Crippen LogP) is 3.55. The summed E-state index contributed by atoms with van der Waals surface area (Å²) >= 11 is 0. The van der Waals surface area contributed by atoms with E-state index < -0.39 is 71.3 Å². The Hall–Kier alpha value is -4.36. The lowest BCUT2D eigenvalue weighted by Crippen LogP contribution is -2.62. The third-order valence-corrected chi connectivity index (χ3v) is 13.4. The second-order valence-electron chi connectivity index (χ2n) is 16.8. The second kappa shape index (κ2) is 15.1. The number of nitrogens with one attached hydrogen (secondary N) is 3. The number of benzene rings is 1. The van der Waals surface area contributed by atoms with Crippen LogP contribution >= 0.6 is 0 Å². The first-order valence-corrected chi connectivity index (χ1v) is 19.2. The van der Waals surface area contributed by atoms with Crippen LogP contribution in [0.2, 0.25) is 0 Å². The molecule has 0 saturated heterocycles. The SMILES string of the molecule is CC(C)[C@H](NC(=O)CCC(=O)OCC(=O)[C@@]1(O)CC[C@H]2[C@@H]3CCC4=CC(=O)CC[C@]4(C)[C@H]3[C@@H](O)C[C@@]21C)C(=O)N[C@@H](Cc1c[nH]c2ccccc12)C(=O)O. The zero-order valence-electron chi connectivity index (χ0n) is 31.5. The van der Waals surface area contributed by atoms with Gasteiger partial charge in [0.25, 0.3) is 0 Å². The second-order valence-corrected chi connectivity index (χ2v) is 16.8. The minimum atomic E-state index is -1.80. The number of ketones is 2. The van der Waals surface area contributed by atoms with Crippen molar-refractivity contribution in [2.24, 2.45) is 34.5 Å². The van der Waals surface area contributed by atoms with Crippen LogP contribution in [0, 0.1) is 34.5 Å². The number of H-pyrrole nitrogens is 1. The molecule has 0 aliphatic heterocycles. The molecule has 292 valence electrons. The summed E-state index contributed by atoms with van der Waals surface area (Å²) < 4.78 is 5.27. The zero-order chi connectivity index (χ0) is 39.2. The highest BCUT2D eigenvalue weighted by Gasteiger charge is 2.68. The Morgan fingerprint density at radius 2 is 1.76 bits per heavy atom. The number of allylic oxidation sites excluding steroid dienone is 1. The Kier molecular flexibility index (Phi) is 11.0. The Morgan fingerprint density at radius 1 is 1.02 bits per heavy atom. The van der Waals surface area contributed by atoms with Crippen LogP contribution in [0.4, 0.5) is 0 Å². The van der Waals surface area contributed by atoms with Gasteiger partial charge in [0.15, 0.2) is 12.4 Å². The number of hydrogen-bond acceptors (Lipinski definition) is 9. The highest BCUT2D eigenvalue weighted by molar-refractivity contribution is 5.93. The van der Waals surface area contributed by atoms with Crippen LogP contribution in [0.5, 0.6) is 0 Å². The summed E-state index contributed by atoms with van der Waals surface area (Å²) in [7, 11) is 0. The fourth-order valence-corrected chi connectivity index (χ4v) is 10.5. The molecule has 9 atom stereocenters. The lowest BCUT2D eigenvalue weighted by Gasteiger charge is -2.60. The average Bonchev–Trinajstić information content (AvgIpc) is 3.65. The number of hydrogen-bond donors (Lipinski definition) is 6. The van der Waals surface area contributed by atoms with E-state index in [1.54, 1.807) is 26.1 Å². The number of rotatable bonds is 13. The minimum absolute atomic E-state index is 0.0199. The van der Waals surface area contributed by atoms with Gasteiger partial charge in [-0.25, -0.2) is 4.79 Å². The van der Waals surface area contributed by atoms with Crippen molar-refractivity contribution in [3.63, 3.8) is 0 Å². The fraction of sp³-hybridized carbons (Fsp3) is 0.610. The number of aliphatic hydroxyl groups excluding tert-OH is 1. The lowest BCUT2D eigenvalue weighted by molar-refractivity contribution is -0.184. The van der Waals surface area contributed by atoms with Gasteiger partial charge in [-0.1, -0.05) is 51.5 Å². The first-order chi connectivity index (χ1) is 25.5. The van der Waals surface area contributed by atoms with Gasteiger partial charge >= 0.3 is 11.9 Å². The van der Waals surface area contributed by atoms with E-state index in [1.807, 2.05) is 31.2 Å². The summed E-state index contributed by atoms with van der Waals surface area (Å²) in [6.45, 7) is 6.71. The number of esters is 1. The number of ether oxygens (including phenoxy) is 1. The number of aromatic nitrogens is 1. The van der Waals surface area contributed by atoms with Crippen molar-refractivity contribution < 1.29 is 48.8 Å². The van der Waals surface area contributed by atoms with Gasteiger partial charge in [-0.2, -0.15) is 0 Å². The van der Waals surface area contributed by atoms with Gasteiger partial charge in [-0.15, -0.1) is 0 Å². The molecule has 54 heavy (non-hydrogen) atoms. The molecular weight excluding hydrogens is 694 g/mol. The van der Waals surface area contributed by atoms with Crippen LogP contribution < -0.4 is 10.6 Å². The molecule has 1 aromatic carbocycles. The van der Waals surface area contributed by atoms with E-state index in [-0.39, 0.29) is 61.1 Å². The number of aliphatic hydroxyl groups is 2. The van der Waals surface area contributed by atoms with Gasteiger partial charge < -0.3 is 35.7 Å². The molecule has 13 heteroatoms. The summed E-state index contributed by atoms with van der Waals surface area (Å²) in [5.74, 6) is -4.32. The van der Waals surface area contributed by atoms with Gasteiger partial charge in [-0.05, 0) is 85.3 Å². The number of Topliss-reactive ketones (excluding diaryl/α,β-unsaturated/α-hetero) is 1. The molecule has 2 amide bonds. The van der Waals surface area contributed by atoms with Gasteiger partial charge in [0, 0.05) is 41.8 Å². The number of carbonyl (C=O) groups is 6. The molecule has 3 saturated carbocycles. The van der Waals surface area contributed by atoms with Crippen molar-refractivity contribution >= 4 is 46.2 Å². The molecule has 3 fully saturated rings. The van der Waals surface area contributed by atoms with Crippen LogP contribution in [-0.2, 0) is 39.9 Å². The van der Waals surface area contributed by atoms with Crippen LogP contribution in [0.1, 0.15) is 91.0 Å². The molecule has 4 aliphatic carbocycles. The van der Waals surface area contributed by atoms with Crippen LogP contribution in [0.3, 0.4) is 0 Å². The summed E-state index contributed by atoms with van der Waals surface area (Å²) in [4.78, 5) is 79.9. The number of aliphatic carboxylic acids is 1. The zero-order valence-corrected chi connectivity index (χ0v) is 31.5. The molecular formula is C41H53N3O10. The number of para-hydroxylation sites is 1. The number of carboxylic acids is 1. The van der Waals surface area contributed by atoms with E-state index in [0.717, 1.165) is 29.3 Å². The summed E-state index contributed by atoms with van der Waals surface area (Å²) in [5.41, 5.74) is -0.389. The summed E-state index contributed by atoms with van der Waals surface area (Å²) in [6, 6.07) is 5.07. The topological polar surface area (TPSA) is 212 Å².